The summed E-state index contributed by atoms with van der Waals surface area (Å²) in [4.78, 5) is 36.9. The smallest absolute Gasteiger partial charge is 0.306 e. The summed E-state index contributed by atoms with van der Waals surface area (Å²) in [6.07, 6.45) is 2.81. The number of hydrogen-bond acceptors (Lipinski definition) is 6. The molecule has 2 rings (SSSR count). The number of ketones is 1. The minimum atomic E-state index is -0.589. The molecule has 1 N–H and O–H groups in total. The predicted molar refractivity (Wildman–Crippen MR) is 114 cm³/mol. The minimum absolute atomic E-state index is 0.0196. The van der Waals surface area contributed by atoms with Crippen molar-refractivity contribution in [3.63, 3.8) is 0 Å². The summed E-state index contributed by atoms with van der Waals surface area (Å²) < 4.78 is 10.4. The SMILES string of the molecule is CCCOc1ccc(C(=O)CCC(=O)OCC(=O)Nc2ccc(SC)cc2)cc1. The number of benzene rings is 2. The Hall–Kier alpha value is -2.80. The molecule has 29 heavy (non-hydrogen) atoms. The van der Waals surface area contributed by atoms with Gasteiger partial charge in [0.1, 0.15) is 5.75 Å². The van der Waals surface area contributed by atoms with E-state index in [0.29, 0.717) is 23.6 Å². The van der Waals surface area contributed by atoms with Gasteiger partial charge in [0, 0.05) is 22.6 Å². The molecule has 0 bridgehead atoms. The molecule has 0 radical (unpaired) electrons. The van der Waals surface area contributed by atoms with Gasteiger partial charge in [-0.2, -0.15) is 0 Å². The van der Waals surface area contributed by atoms with Crippen molar-refractivity contribution in [2.24, 2.45) is 0 Å². The molecule has 0 aliphatic rings. The lowest BCUT2D eigenvalue weighted by molar-refractivity contribution is -0.147. The van der Waals surface area contributed by atoms with Crippen LogP contribution in [-0.2, 0) is 14.3 Å². The number of anilines is 1. The maximum atomic E-state index is 12.2. The van der Waals surface area contributed by atoms with Crippen LogP contribution in [0.4, 0.5) is 5.69 Å². The van der Waals surface area contributed by atoms with Crippen molar-refractivity contribution in [1.82, 2.24) is 0 Å². The first-order chi connectivity index (χ1) is 14.0. The van der Waals surface area contributed by atoms with Crippen molar-refractivity contribution in [2.45, 2.75) is 31.1 Å². The van der Waals surface area contributed by atoms with Crippen LogP contribution in [0.25, 0.3) is 0 Å². The molecular formula is C22H25NO5S. The van der Waals surface area contributed by atoms with E-state index in [-0.39, 0.29) is 25.2 Å². The van der Waals surface area contributed by atoms with E-state index in [4.69, 9.17) is 9.47 Å². The van der Waals surface area contributed by atoms with Gasteiger partial charge in [-0.15, -0.1) is 11.8 Å². The predicted octanol–water partition coefficient (Wildman–Crippen LogP) is 4.34. The third-order valence-corrected chi connectivity index (χ3v) is 4.69. The van der Waals surface area contributed by atoms with Crippen molar-refractivity contribution in [2.75, 3.05) is 24.8 Å². The molecule has 0 aliphatic heterocycles. The van der Waals surface area contributed by atoms with E-state index < -0.39 is 11.9 Å². The summed E-state index contributed by atoms with van der Waals surface area (Å²) in [5.74, 6) is -0.474. The first-order valence-corrected chi connectivity index (χ1v) is 10.6. The van der Waals surface area contributed by atoms with E-state index in [9.17, 15) is 14.4 Å². The number of carbonyl (C=O) groups is 3. The third-order valence-electron chi connectivity index (χ3n) is 3.94. The van der Waals surface area contributed by atoms with Gasteiger partial charge in [0.2, 0.25) is 0 Å². The van der Waals surface area contributed by atoms with Crippen LogP contribution in [0.5, 0.6) is 5.75 Å². The van der Waals surface area contributed by atoms with Gasteiger partial charge in [0.25, 0.3) is 5.91 Å². The number of ether oxygens (including phenoxy) is 2. The second kappa shape index (κ2) is 11.9. The molecule has 2 aromatic rings. The second-order valence-electron chi connectivity index (χ2n) is 6.23. The van der Waals surface area contributed by atoms with Crippen molar-refractivity contribution < 1.29 is 23.9 Å². The van der Waals surface area contributed by atoms with Gasteiger partial charge in [0.15, 0.2) is 12.4 Å². The number of esters is 1. The first-order valence-electron chi connectivity index (χ1n) is 9.37. The number of hydrogen-bond donors (Lipinski definition) is 1. The van der Waals surface area contributed by atoms with Crippen LogP contribution in [0.3, 0.4) is 0 Å². The lowest BCUT2D eigenvalue weighted by atomic mass is 10.1. The fraction of sp³-hybridized carbons (Fsp3) is 0.318. The van der Waals surface area contributed by atoms with Gasteiger partial charge in [-0.1, -0.05) is 6.92 Å². The average Bonchev–Trinajstić information content (AvgIpc) is 2.75. The van der Waals surface area contributed by atoms with Gasteiger partial charge in [-0.3, -0.25) is 14.4 Å². The van der Waals surface area contributed by atoms with Crippen LogP contribution in [0, 0.1) is 0 Å². The molecule has 0 saturated carbocycles. The Labute approximate surface area is 175 Å². The Bertz CT molecular complexity index is 818. The van der Waals surface area contributed by atoms with Gasteiger partial charge in [-0.05, 0) is 61.2 Å². The first kappa shape index (κ1) is 22.5. The maximum Gasteiger partial charge on any atom is 0.306 e. The number of Topliss-reactive ketones (excluding diaryl/α,β-unsaturated/α-hetero) is 1. The third kappa shape index (κ3) is 7.99. The normalized spacial score (nSPS) is 10.3. The molecule has 0 aromatic heterocycles. The molecule has 1 amide bonds. The molecule has 6 nitrogen and oxygen atoms in total. The molecule has 0 saturated heterocycles. The van der Waals surface area contributed by atoms with Crippen LogP contribution >= 0.6 is 11.8 Å². The molecule has 154 valence electrons. The van der Waals surface area contributed by atoms with Crippen LogP contribution in [0.2, 0.25) is 0 Å². The Morgan fingerprint density at radius 2 is 1.66 bits per heavy atom. The zero-order valence-corrected chi connectivity index (χ0v) is 17.4. The van der Waals surface area contributed by atoms with E-state index in [1.54, 1.807) is 48.2 Å². The Morgan fingerprint density at radius 1 is 0.966 bits per heavy atom. The van der Waals surface area contributed by atoms with Crippen LogP contribution < -0.4 is 10.1 Å². The lowest BCUT2D eigenvalue weighted by Crippen LogP contribution is -2.21. The summed E-state index contributed by atoms with van der Waals surface area (Å²) in [7, 11) is 0. The highest BCUT2D eigenvalue weighted by molar-refractivity contribution is 7.98. The maximum absolute atomic E-state index is 12.2. The van der Waals surface area contributed by atoms with E-state index >= 15 is 0 Å². The number of rotatable bonds is 11. The van der Waals surface area contributed by atoms with Gasteiger partial charge in [0.05, 0.1) is 13.0 Å². The highest BCUT2D eigenvalue weighted by atomic mass is 32.2. The fourth-order valence-electron chi connectivity index (χ4n) is 2.41. The van der Waals surface area contributed by atoms with E-state index in [0.717, 1.165) is 11.3 Å². The minimum Gasteiger partial charge on any atom is -0.494 e. The van der Waals surface area contributed by atoms with Crippen LogP contribution in [-0.4, -0.2) is 37.1 Å². The van der Waals surface area contributed by atoms with Gasteiger partial charge >= 0.3 is 5.97 Å². The Balaban J connectivity index is 1.70. The molecule has 0 fully saturated rings. The molecule has 0 heterocycles. The summed E-state index contributed by atoms with van der Waals surface area (Å²) in [5, 5.41) is 2.65. The van der Waals surface area contributed by atoms with Crippen LogP contribution in [0.1, 0.15) is 36.5 Å². The van der Waals surface area contributed by atoms with E-state index in [2.05, 4.69) is 5.32 Å². The number of thioether (sulfide) groups is 1. The van der Waals surface area contributed by atoms with E-state index in [1.165, 1.54) is 0 Å². The topological polar surface area (TPSA) is 81.7 Å². The number of amides is 1. The second-order valence-corrected chi connectivity index (χ2v) is 7.11. The highest BCUT2D eigenvalue weighted by Crippen LogP contribution is 2.17. The molecule has 7 heteroatoms. The largest absolute Gasteiger partial charge is 0.494 e. The molecular weight excluding hydrogens is 390 g/mol. The Morgan fingerprint density at radius 3 is 2.28 bits per heavy atom. The summed E-state index contributed by atoms with van der Waals surface area (Å²) in [5.41, 5.74) is 1.14. The van der Waals surface area contributed by atoms with Gasteiger partial charge < -0.3 is 14.8 Å². The molecule has 0 atom stereocenters. The highest BCUT2D eigenvalue weighted by Gasteiger charge is 2.12. The summed E-state index contributed by atoms with van der Waals surface area (Å²) in [6.45, 7) is 2.25. The monoisotopic (exact) mass is 415 g/mol. The zero-order valence-electron chi connectivity index (χ0n) is 16.6. The van der Waals surface area contributed by atoms with Crippen molar-refractivity contribution in [1.29, 1.82) is 0 Å². The fourth-order valence-corrected chi connectivity index (χ4v) is 2.81. The van der Waals surface area contributed by atoms with Crippen LogP contribution in [0.15, 0.2) is 53.4 Å². The van der Waals surface area contributed by atoms with E-state index in [1.807, 2.05) is 25.3 Å². The molecule has 0 unspecified atom stereocenters. The standard InChI is InChI=1S/C22H25NO5S/c1-3-14-27-18-8-4-16(5-9-18)20(24)12-13-22(26)28-15-21(25)23-17-6-10-19(29-2)11-7-17/h4-11H,3,12-15H2,1-2H3,(H,23,25). The summed E-state index contributed by atoms with van der Waals surface area (Å²) >= 11 is 1.60. The van der Waals surface area contributed by atoms with Crippen molar-refractivity contribution >= 4 is 35.1 Å². The van der Waals surface area contributed by atoms with Crippen molar-refractivity contribution in [3.8, 4) is 5.75 Å². The number of nitrogens with one attached hydrogen (secondary N) is 1. The average molecular weight is 416 g/mol. The Kier molecular flexibility index (Phi) is 9.24. The lowest BCUT2D eigenvalue weighted by Gasteiger charge is -2.07. The molecule has 2 aromatic carbocycles. The van der Waals surface area contributed by atoms with Gasteiger partial charge in [-0.25, -0.2) is 0 Å². The van der Waals surface area contributed by atoms with Crippen molar-refractivity contribution in [3.05, 3.63) is 54.1 Å². The molecule has 0 aliphatic carbocycles. The number of carbonyl (C=O) groups excluding carboxylic acids is 3. The summed E-state index contributed by atoms with van der Waals surface area (Å²) in [6, 6.07) is 14.2. The zero-order chi connectivity index (χ0) is 21.1. The molecule has 0 spiro atoms. The quantitative estimate of drug-likeness (QED) is 0.334.